The van der Waals surface area contributed by atoms with Gasteiger partial charge >= 0.3 is 0 Å². The Labute approximate surface area is 243 Å². The quantitative estimate of drug-likeness (QED) is 0.283. The van der Waals surface area contributed by atoms with Crippen LogP contribution in [0.1, 0.15) is 50.2 Å². The van der Waals surface area contributed by atoms with Gasteiger partial charge in [-0.25, -0.2) is 0 Å². The molecule has 3 amide bonds. The highest BCUT2D eigenvalue weighted by Gasteiger charge is 2.76. The van der Waals surface area contributed by atoms with E-state index in [1.807, 2.05) is 41.8 Å². The lowest BCUT2D eigenvalue weighted by Gasteiger charge is -2.41. The van der Waals surface area contributed by atoms with Gasteiger partial charge in [-0.3, -0.25) is 14.4 Å². The van der Waals surface area contributed by atoms with E-state index in [1.54, 1.807) is 35.9 Å². The second-order valence-corrected chi connectivity index (χ2v) is 13.3. The van der Waals surface area contributed by atoms with E-state index in [0.717, 1.165) is 48.9 Å². The Morgan fingerprint density at radius 1 is 1.10 bits per heavy atom. The highest BCUT2D eigenvalue weighted by atomic mass is 32.2. The van der Waals surface area contributed by atoms with Crippen LogP contribution in [0.25, 0.3) is 0 Å². The number of para-hydroxylation sites is 1. The Hall–Kier alpha value is -2.58. The summed E-state index contributed by atoms with van der Waals surface area (Å²) >= 11 is 1.72. The minimum absolute atomic E-state index is 0.0128. The molecule has 3 aliphatic heterocycles. The zero-order chi connectivity index (χ0) is 29.2. The number of hydrogen-bond acceptors (Lipinski definition) is 5. The summed E-state index contributed by atoms with van der Waals surface area (Å²) in [4.78, 5) is 48.3. The van der Waals surface area contributed by atoms with Crippen molar-refractivity contribution < 1.29 is 19.5 Å². The number of fused-ring (bicyclic) bond motifs is 1. The predicted octanol–water partition coefficient (Wildman–Crippen LogP) is 4.36. The maximum atomic E-state index is 14.8. The Kier molecular flexibility index (Phi) is 9.51. The van der Waals surface area contributed by atoms with Crippen molar-refractivity contribution in [2.24, 2.45) is 17.8 Å². The molecule has 2 bridgehead atoms. The van der Waals surface area contributed by atoms with Crippen molar-refractivity contribution in [1.29, 1.82) is 0 Å². The summed E-state index contributed by atoms with van der Waals surface area (Å²) in [6.45, 7) is 15.3. The van der Waals surface area contributed by atoms with Crippen LogP contribution in [0, 0.1) is 31.6 Å². The molecule has 0 aliphatic carbocycles. The van der Waals surface area contributed by atoms with E-state index in [2.05, 4.69) is 20.1 Å². The highest BCUT2D eigenvalue weighted by Crippen LogP contribution is 2.69. The van der Waals surface area contributed by atoms with Crippen LogP contribution in [0.3, 0.4) is 0 Å². The number of carbonyl (C=O) groups excluding carboxylic acids is 3. The van der Waals surface area contributed by atoms with Crippen LogP contribution < -0.4 is 4.90 Å². The lowest BCUT2D eigenvalue weighted by molar-refractivity contribution is -0.143. The number of aliphatic hydroxyl groups excluding tert-OH is 1. The molecule has 3 fully saturated rings. The molecule has 218 valence electrons. The van der Waals surface area contributed by atoms with Crippen molar-refractivity contribution in [1.82, 2.24) is 9.80 Å². The number of likely N-dealkylation sites (tertiary alicyclic amines) is 1. The van der Waals surface area contributed by atoms with Crippen molar-refractivity contribution in [3.05, 3.63) is 54.6 Å². The first kappa shape index (κ1) is 30.4. The summed E-state index contributed by atoms with van der Waals surface area (Å²) in [7, 11) is 1.77. The van der Waals surface area contributed by atoms with Gasteiger partial charge in [0.05, 0.1) is 16.6 Å². The molecule has 40 heavy (non-hydrogen) atoms. The lowest BCUT2D eigenvalue weighted by atomic mass is 9.65. The molecule has 4 rings (SSSR count). The number of likely N-dealkylation sites (N-methyl/N-ethyl adjacent to an activating group) is 1. The number of aryl methyl sites for hydroxylation is 2. The fourth-order valence-electron chi connectivity index (χ4n) is 7.41. The van der Waals surface area contributed by atoms with Crippen molar-refractivity contribution in [3.63, 3.8) is 0 Å². The van der Waals surface area contributed by atoms with Gasteiger partial charge in [0.2, 0.25) is 11.8 Å². The van der Waals surface area contributed by atoms with Gasteiger partial charge in [0.25, 0.3) is 5.91 Å². The second kappa shape index (κ2) is 12.5. The molecular formula is C32H45N3O4S. The monoisotopic (exact) mass is 567 g/mol. The van der Waals surface area contributed by atoms with Gasteiger partial charge in [-0.1, -0.05) is 50.1 Å². The van der Waals surface area contributed by atoms with Crippen LogP contribution in [-0.4, -0.2) is 82.0 Å². The van der Waals surface area contributed by atoms with Crippen molar-refractivity contribution in [2.75, 3.05) is 38.2 Å². The van der Waals surface area contributed by atoms with Crippen molar-refractivity contribution >= 4 is 35.2 Å². The van der Waals surface area contributed by atoms with Gasteiger partial charge in [0.1, 0.15) is 6.04 Å². The van der Waals surface area contributed by atoms with E-state index in [1.165, 1.54) is 0 Å². The Bertz CT molecular complexity index is 1130. The zero-order valence-electron chi connectivity index (χ0n) is 24.5. The first-order valence-electron chi connectivity index (χ1n) is 14.6. The van der Waals surface area contributed by atoms with E-state index >= 15 is 0 Å². The standard InChI is InChI=1S/C32H45N3O4S/c1-7-16-33(6)29(37)25-24-20-23(5)32(40-24)26(25)30(38)35(18-11-9-10-12-19-36)28(32)31(39)34(17-8-2)27-21(3)14-13-15-22(27)4/h7-8,13-15,23-26,28,36H,1-2,9-12,16-20H2,3-6H3/t23?,24-,25+,26-,28?,32?/m0/s1. The van der Waals surface area contributed by atoms with Gasteiger partial charge in [-0.15, -0.1) is 24.9 Å². The number of anilines is 1. The molecule has 0 radical (unpaired) electrons. The molecular weight excluding hydrogens is 522 g/mol. The van der Waals surface area contributed by atoms with E-state index in [-0.39, 0.29) is 35.5 Å². The Morgan fingerprint density at radius 2 is 1.75 bits per heavy atom. The third-order valence-corrected chi connectivity index (χ3v) is 11.2. The number of aliphatic hydroxyl groups is 1. The minimum Gasteiger partial charge on any atom is -0.396 e. The molecule has 0 saturated carbocycles. The second-order valence-electron chi connectivity index (χ2n) is 11.7. The molecule has 7 nitrogen and oxygen atoms in total. The first-order chi connectivity index (χ1) is 19.1. The minimum atomic E-state index is -0.658. The summed E-state index contributed by atoms with van der Waals surface area (Å²) in [6, 6.07) is 5.35. The Balaban J connectivity index is 1.78. The topological polar surface area (TPSA) is 81.2 Å². The number of thioether (sulfide) groups is 1. The summed E-state index contributed by atoms with van der Waals surface area (Å²) in [5.74, 6) is -1.04. The van der Waals surface area contributed by atoms with Gasteiger partial charge in [-0.05, 0) is 50.2 Å². The summed E-state index contributed by atoms with van der Waals surface area (Å²) in [5.41, 5.74) is 2.87. The number of nitrogens with zero attached hydrogens (tertiary/aromatic N) is 3. The average Bonchev–Trinajstić information content (AvgIpc) is 3.51. The molecule has 8 heteroatoms. The highest BCUT2D eigenvalue weighted by molar-refractivity contribution is 8.02. The SMILES string of the molecule is C=CCN(C)C(=O)[C@@H]1[C@@H]2CC(C)C3(S2)C(C(=O)N(CC=C)c2c(C)cccc2C)N(CCCCCCO)C(=O)[C@H]13. The largest absolute Gasteiger partial charge is 0.396 e. The van der Waals surface area contributed by atoms with Gasteiger partial charge in [0.15, 0.2) is 0 Å². The van der Waals surface area contributed by atoms with Crippen LogP contribution in [0.5, 0.6) is 0 Å². The van der Waals surface area contributed by atoms with E-state index in [9.17, 15) is 19.5 Å². The van der Waals surface area contributed by atoms with Crippen LogP contribution >= 0.6 is 11.8 Å². The number of unbranched alkanes of at least 4 members (excludes halogenated alkanes) is 3. The van der Waals surface area contributed by atoms with Gasteiger partial charge in [0, 0.05) is 44.2 Å². The van der Waals surface area contributed by atoms with Crippen LogP contribution in [0.15, 0.2) is 43.5 Å². The lowest BCUT2D eigenvalue weighted by Crippen LogP contribution is -2.57. The molecule has 3 heterocycles. The molecule has 3 saturated heterocycles. The van der Waals surface area contributed by atoms with Gasteiger partial charge < -0.3 is 19.8 Å². The number of benzene rings is 1. The maximum Gasteiger partial charge on any atom is 0.251 e. The molecule has 1 aromatic carbocycles. The van der Waals surface area contributed by atoms with E-state index < -0.39 is 22.6 Å². The van der Waals surface area contributed by atoms with Crippen LogP contribution in [0.4, 0.5) is 5.69 Å². The molecule has 3 aliphatic rings. The van der Waals surface area contributed by atoms with Crippen molar-refractivity contribution in [3.8, 4) is 0 Å². The molecule has 1 N–H and O–H groups in total. The first-order valence-corrected chi connectivity index (χ1v) is 15.5. The smallest absolute Gasteiger partial charge is 0.251 e. The van der Waals surface area contributed by atoms with Crippen LogP contribution in [-0.2, 0) is 14.4 Å². The fraction of sp³-hybridized carbons (Fsp3) is 0.594. The molecule has 0 aromatic heterocycles. The summed E-state index contributed by atoms with van der Waals surface area (Å²) in [5, 5.41) is 9.22. The number of amides is 3. The number of carbonyl (C=O) groups is 3. The third-order valence-electron chi connectivity index (χ3n) is 9.14. The Morgan fingerprint density at radius 3 is 2.38 bits per heavy atom. The number of rotatable bonds is 13. The van der Waals surface area contributed by atoms with E-state index in [4.69, 9.17) is 0 Å². The molecule has 6 atom stereocenters. The zero-order valence-corrected chi connectivity index (χ0v) is 25.3. The molecule has 3 unspecified atom stereocenters. The predicted molar refractivity (Wildman–Crippen MR) is 162 cm³/mol. The normalized spacial score (nSPS) is 28.5. The van der Waals surface area contributed by atoms with Gasteiger partial charge in [-0.2, -0.15) is 0 Å². The number of hydrogen-bond donors (Lipinski definition) is 1. The summed E-state index contributed by atoms with van der Waals surface area (Å²) in [6.07, 6.45) is 7.48. The summed E-state index contributed by atoms with van der Waals surface area (Å²) < 4.78 is -0.657. The maximum absolute atomic E-state index is 14.8. The van der Waals surface area contributed by atoms with Crippen LogP contribution in [0.2, 0.25) is 0 Å². The fourth-order valence-corrected chi connectivity index (χ4v) is 9.82. The molecule has 1 spiro atoms. The van der Waals surface area contributed by atoms with E-state index in [0.29, 0.717) is 19.6 Å². The van der Waals surface area contributed by atoms with Crippen molar-refractivity contribution in [2.45, 2.75) is 68.9 Å². The average molecular weight is 568 g/mol. The molecule has 1 aromatic rings. The third kappa shape index (κ3) is 5.02.